The van der Waals surface area contributed by atoms with Crippen molar-refractivity contribution in [2.45, 2.75) is 24.4 Å². The summed E-state index contributed by atoms with van der Waals surface area (Å²) in [4.78, 5) is 22.8. The van der Waals surface area contributed by atoms with Gasteiger partial charge in [-0.05, 0) is 43.3 Å². The van der Waals surface area contributed by atoms with E-state index in [4.69, 9.17) is 26.1 Å². The molecule has 29 heavy (non-hydrogen) atoms. The second-order valence-corrected chi connectivity index (χ2v) is 9.40. The van der Waals surface area contributed by atoms with Gasteiger partial charge in [0.1, 0.15) is 4.83 Å². The van der Waals surface area contributed by atoms with Gasteiger partial charge >= 0.3 is 0 Å². The Morgan fingerprint density at radius 1 is 1.28 bits per heavy atom. The van der Waals surface area contributed by atoms with E-state index in [9.17, 15) is 4.79 Å². The highest BCUT2D eigenvalue weighted by Crippen LogP contribution is 2.34. The number of thiophene rings is 1. The Bertz CT molecular complexity index is 1080. The molecular formula is C20H22ClN3O3S2. The van der Waals surface area contributed by atoms with Gasteiger partial charge in [0.15, 0.2) is 11.4 Å². The smallest absolute Gasteiger partial charge is 0.267 e. The van der Waals surface area contributed by atoms with Crippen LogP contribution in [0.15, 0.2) is 34.2 Å². The fourth-order valence-corrected chi connectivity index (χ4v) is 5.95. The van der Waals surface area contributed by atoms with Crippen molar-refractivity contribution in [3.63, 3.8) is 0 Å². The van der Waals surface area contributed by atoms with Crippen molar-refractivity contribution in [3.8, 4) is 5.69 Å². The van der Waals surface area contributed by atoms with Gasteiger partial charge in [0.05, 0.1) is 16.8 Å². The second kappa shape index (κ2) is 8.75. The molecule has 1 aliphatic rings. The molecule has 4 rings (SSSR count). The normalized spacial score (nSPS) is 14.7. The number of methoxy groups -OCH3 is 2. The van der Waals surface area contributed by atoms with Crippen molar-refractivity contribution in [1.29, 1.82) is 0 Å². The molecule has 1 aliphatic heterocycles. The quantitative estimate of drug-likeness (QED) is 0.323. The van der Waals surface area contributed by atoms with Gasteiger partial charge in [-0.1, -0.05) is 23.4 Å². The third-order valence-corrected chi connectivity index (χ3v) is 7.33. The van der Waals surface area contributed by atoms with Gasteiger partial charge in [0, 0.05) is 37.2 Å². The Hall–Kier alpha value is -1.42. The molecule has 0 radical (unpaired) electrons. The predicted molar refractivity (Wildman–Crippen MR) is 119 cm³/mol. The molecule has 0 saturated heterocycles. The third kappa shape index (κ3) is 4.10. The zero-order valence-corrected chi connectivity index (χ0v) is 18.9. The van der Waals surface area contributed by atoms with Crippen LogP contribution in [-0.2, 0) is 22.4 Å². The first-order valence-corrected chi connectivity index (χ1v) is 11.4. The van der Waals surface area contributed by atoms with E-state index in [2.05, 4.69) is 11.9 Å². The summed E-state index contributed by atoms with van der Waals surface area (Å²) in [6, 6.07) is 7.26. The molecule has 0 aliphatic carbocycles. The number of ether oxygens (including phenoxy) is 2. The van der Waals surface area contributed by atoms with Crippen molar-refractivity contribution in [2.24, 2.45) is 0 Å². The van der Waals surface area contributed by atoms with E-state index < -0.39 is 0 Å². The first-order chi connectivity index (χ1) is 14.0. The fourth-order valence-electron chi connectivity index (χ4n) is 3.44. The standard InChI is InChI=1S/C20H22ClN3O3S2/c1-23-9-8-14-15(10-23)29-18-17(14)19(25)24(13-6-4-12(21)5-7-13)20(22-18)28-11-16(26-2)27-3/h4-7,16H,8-11H2,1-3H3. The van der Waals surface area contributed by atoms with Crippen LogP contribution in [0.5, 0.6) is 0 Å². The van der Waals surface area contributed by atoms with Crippen molar-refractivity contribution in [3.05, 3.63) is 50.1 Å². The Kier molecular flexibility index (Phi) is 6.29. The Balaban J connectivity index is 1.88. The molecule has 0 saturated carbocycles. The van der Waals surface area contributed by atoms with E-state index in [1.165, 1.54) is 16.6 Å². The van der Waals surface area contributed by atoms with Gasteiger partial charge in [-0.15, -0.1) is 11.3 Å². The molecule has 6 nitrogen and oxygen atoms in total. The summed E-state index contributed by atoms with van der Waals surface area (Å²) in [6.45, 7) is 1.80. The lowest BCUT2D eigenvalue weighted by Crippen LogP contribution is -2.27. The average Bonchev–Trinajstić information content (AvgIpc) is 3.07. The number of thioether (sulfide) groups is 1. The molecule has 9 heteroatoms. The van der Waals surface area contributed by atoms with Gasteiger partial charge < -0.3 is 14.4 Å². The van der Waals surface area contributed by atoms with Crippen molar-refractivity contribution < 1.29 is 9.47 Å². The molecule has 0 spiro atoms. The first-order valence-electron chi connectivity index (χ1n) is 9.22. The lowest BCUT2D eigenvalue weighted by atomic mass is 10.1. The van der Waals surface area contributed by atoms with E-state index in [1.54, 1.807) is 42.3 Å². The summed E-state index contributed by atoms with van der Waals surface area (Å²) < 4.78 is 12.3. The number of aromatic nitrogens is 2. The van der Waals surface area contributed by atoms with Crippen LogP contribution in [0.2, 0.25) is 5.02 Å². The van der Waals surface area contributed by atoms with E-state index in [-0.39, 0.29) is 11.8 Å². The molecule has 154 valence electrons. The Morgan fingerprint density at radius 2 is 2.00 bits per heavy atom. The first kappa shape index (κ1) is 20.8. The van der Waals surface area contributed by atoms with Crippen LogP contribution >= 0.6 is 34.7 Å². The fraction of sp³-hybridized carbons (Fsp3) is 0.400. The molecular weight excluding hydrogens is 430 g/mol. The van der Waals surface area contributed by atoms with E-state index >= 15 is 0 Å². The summed E-state index contributed by atoms with van der Waals surface area (Å²) in [6.07, 6.45) is 0.488. The van der Waals surface area contributed by atoms with Crippen LogP contribution < -0.4 is 5.56 Å². The molecule has 3 heterocycles. The summed E-state index contributed by atoms with van der Waals surface area (Å²) >= 11 is 9.13. The van der Waals surface area contributed by atoms with Crippen molar-refractivity contribution in [2.75, 3.05) is 33.6 Å². The highest BCUT2D eigenvalue weighted by Gasteiger charge is 2.24. The topological polar surface area (TPSA) is 56.6 Å². The number of nitrogens with zero attached hydrogens (tertiary/aromatic N) is 3. The lowest BCUT2D eigenvalue weighted by Gasteiger charge is -2.21. The van der Waals surface area contributed by atoms with Crippen molar-refractivity contribution in [1.82, 2.24) is 14.5 Å². The lowest BCUT2D eigenvalue weighted by molar-refractivity contribution is -0.0842. The average molecular weight is 452 g/mol. The van der Waals surface area contributed by atoms with Crippen LogP contribution in [0.1, 0.15) is 10.4 Å². The third-order valence-electron chi connectivity index (χ3n) is 4.99. The highest BCUT2D eigenvalue weighted by molar-refractivity contribution is 7.99. The van der Waals surface area contributed by atoms with Crippen LogP contribution in [0.25, 0.3) is 15.9 Å². The van der Waals surface area contributed by atoms with Crippen LogP contribution in [-0.4, -0.2) is 54.3 Å². The summed E-state index contributed by atoms with van der Waals surface area (Å²) in [5, 5.41) is 1.99. The van der Waals surface area contributed by atoms with Crippen LogP contribution in [0.3, 0.4) is 0 Å². The van der Waals surface area contributed by atoms with E-state index in [0.717, 1.165) is 41.0 Å². The number of fused-ring (bicyclic) bond motifs is 3. The molecule has 3 aromatic rings. The molecule has 0 unspecified atom stereocenters. The van der Waals surface area contributed by atoms with Gasteiger partial charge in [-0.25, -0.2) is 4.98 Å². The van der Waals surface area contributed by atoms with E-state index in [1.807, 2.05) is 12.1 Å². The monoisotopic (exact) mass is 451 g/mol. The minimum atomic E-state index is -0.378. The van der Waals surface area contributed by atoms with E-state index in [0.29, 0.717) is 15.9 Å². The minimum Gasteiger partial charge on any atom is -0.355 e. The molecule has 2 aromatic heterocycles. The molecule has 0 fully saturated rings. The molecule has 0 bridgehead atoms. The van der Waals surface area contributed by atoms with Gasteiger partial charge in [-0.2, -0.15) is 0 Å². The number of likely N-dealkylation sites (N-methyl/N-ethyl adjacent to an activating group) is 1. The maximum Gasteiger partial charge on any atom is 0.267 e. The van der Waals surface area contributed by atoms with Crippen LogP contribution in [0.4, 0.5) is 0 Å². The molecule has 0 N–H and O–H groups in total. The minimum absolute atomic E-state index is 0.0340. The zero-order chi connectivity index (χ0) is 20.5. The number of hydrogen-bond acceptors (Lipinski definition) is 7. The molecule has 1 aromatic carbocycles. The summed E-state index contributed by atoms with van der Waals surface area (Å²) in [5.74, 6) is 0.520. The predicted octanol–water partition coefficient (Wildman–Crippen LogP) is 3.80. The van der Waals surface area contributed by atoms with Crippen LogP contribution in [0, 0.1) is 0 Å². The molecule has 0 amide bonds. The number of benzene rings is 1. The second-order valence-electron chi connectivity index (χ2n) is 6.90. The zero-order valence-electron chi connectivity index (χ0n) is 16.5. The number of hydrogen-bond donors (Lipinski definition) is 0. The number of rotatable bonds is 6. The summed E-state index contributed by atoms with van der Waals surface area (Å²) in [7, 11) is 5.30. The highest BCUT2D eigenvalue weighted by atomic mass is 35.5. The van der Waals surface area contributed by atoms with Crippen molar-refractivity contribution >= 4 is 44.9 Å². The maximum atomic E-state index is 13.6. The van der Waals surface area contributed by atoms with Gasteiger partial charge in [0.25, 0.3) is 5.56 Å². The largest absolute Gasteiger partial charge is 0.355 e. The summed E-state index contributed by atoms with van der Waals surface area (Å²) in [5.41, 5.74) is 1.86. The van der Waals surface area contributed by atoms with Gasteiger partial charge in [0.2, 0.25) is 0 Å². The SMILES string of the molecule is COC(CSc1nc2sc3c(c2c(=O)n1-c1ccc(Cl)cc1)CCN(C)C3)OC. The Morgan fingerprint density at radius 3 is 2.69 bits per heavy atom. The number of halogens is 1. The Labute approximate surface area is 182 Å². The molecule has 0 atom stereocenters. The maximum absolute atomic E-state index is 13.6. The van der Waals surface area contributed by atoms with Gasteiger partial charge in [-0.3, -0.25) is 9.36 Å².